The first-order chi connectivity index (χ1) is 12.1. The number of amides is 1. The Morgan fingerprint density at radius 3 is 2.68 bits per heavy atom. The smallest absolute Gasteiger partial charge is 0.251 e. The molecular formula is C19H19ClN2O3. The van der Waals surface area contributed by atoms with Gasteiger partial charge in [-0.25, -0.2) is 0 Å². The number of carbonyl (C=O) groups is 1. The maximum Gasteiger partial charge on any atom is 0.251 e. The molecule has 0 spiro atoms. The van der Waals surface area contributed by atoms with Crippen LogP contribution in [0, 0.1) is 0 Å². The second-order valence-corrected chi connectivity index (χ2v) is 6.02. The van der Waals surface area contributed by atoms with Gasteiger partial charge in [-0.2, -0.15) is 0 Å². The van der Waals surface area contributed by atoms with Crippen molar-refractivity contribution in [3.8, 4) is 11.5 Å². The van der Waals surface area contributed by atoms with Gasteiger partial charge in [-0.15, -0.1) is 0 Å². The lowest BCUT2D eigenvalue weighted by molar-refractivity contribution is 0.0953. The van der Waals surface area contributed by atoms with Crippen molar-refractivity contribution in [3.05, 3.63) is 58.7 Å². The highest BCUT2D eigenvalue weighted by atomic mass is 35.5. The van der Waals surface area contributed by atoms with E-state index in [1.54, 1.807) is 32.4 Å². The highest BCUT2D eigenvalue weighted by Gasteiger charge is 2.11. The minimum Gasteiger partial charge on any atom is -0.493 e. The summed E-state index contributed by atoms with van der Waals surface area (Å²) in [6.07, 6.45) is 2.67. The molecule has 0 aliphatic carbocycles. The van der Waals surface area contributed by atoms with E-state index in [2.05, 4.69) is 10.3 Å². The molecule has 3 aromatic rings. The number of aromatic amines is 1. The monoisotopic (exact) mass is 358 g/mol. The summed E-state index contributed by atoms with van der Waals surface area (Å²) in [6, 6.07) is 10.8. The number of H-pyrrole nitrogens is 1. The molecule has 25 heavy (non-hydrogen) atoms. The van der Waals surface area contributed by atoms with E-state index < -0.39 is 0 Å². The number of rotatable bonds is 6. The van der Waals surface area contributed by atoms with Crippen molar-refractivity contribution in [2.75, 3.05) is 20.8 Å². The number of nitrogens with one attached hydrogen (secondary N) is 2. The van der Waals surface area contributed by atoms with E-state index in [9.17, 15) is 4.79 Å². The Morgan fingerprint density at radius 2 is 1.92 bits per heavy atom. The number of benzene rings is 2. The third kappa shape index (κ3) is 3.72. The number of hydrogen-bond acceptors (Lipinski definition) is 3. The normalized spacial score (nSPS) is 10.7. The first-order valence-corrected chi connectivity index (χ1v) is 8.26. The minimum atomic E-state index is -0.149. The van der Waals surface area contributed by atoms with Gasteiger partial charge in [0.25, 0.3) is 5.91 Å². The van der Waals surface area contributed by atoms with E-state index in [4.69, 9.17) is 21.1 Å². The summed E-state index contributed by atoms with van der Waals surface area (Å²) in [5.74, 6) is 0.976. The lowest BCUT2D eigenvalue weighted by atomic mass is 10.1. The molecule has 3 rings (SSSR count). The number of methoxy groups -OCH3 is 2. The highest BCUT2D eigenvalue weighted by molar-refractivity contribution is 6.31. The van der Waals surface area contributed by atoms with E-state index in [1.165, 1.54) is 0 Å². The minimum absolute atomic E-state index is 0.149. The maximum absolute atomic E-state index is 12.3. The van der Waals surface area contributed by atoms with Gasteiger partial charge in [0, 0.05) is 34.2 Å². The average Bonchev–Trinajstić information content (AvgIpc) is 3.03. The summed E-state index contributed by atoms with van der Waals surface area (Å²) in [6.45, 7) is 0.531. The Bertz CT molecular complexity index is 905. The summed E-state index contributed by atoms with van der Waals surface area (Å²) in [7, 11) is 3.11. The number of hydrogen-bond donors (Lipinski definition) is 2. The van der Waals surface area contributed by atoms with Gasteiger partial charge in [0.15, 0.2) is 11.5 Å². The first-order valence-electron chi connectivity index (χ1n) is 7.88. The molecule has 0 saturated heterocycles. The van der Waals surface area contributed by atoms with Crippen LogP contribution in [0.5, 0.6) is 11.5 Å². The lowest BCUT2D eigenvalue weighted by Crippen LogP contribution is -2.25. The molecule has 0 bridgehead atoms. The summed E-state index contributed by atoms with van der Waals surface area (Å²) in [5, 5.41) is 4.74. The molecule has 0 saturated carbocycles. The molecule has 130 valence electrons. The van der Waals surface area contributed by atoms with Crippen molar-refractivity contribution < 1.29 is 14.3 Å². The van der Waals surface area contributed by atoms with Crippen molar-refractivity contribution in [2.45, 2.75) is 6.42 Å². The Hall–Kier alpha value is -2.66. The lowest BCUT2D eigenvalue weighted by Gasteiger charge is -2.10. The zero-order valence-corrected chi connectivity index (χ0v) is 14.8. The standard InChI is InChI=1S/C19H19ClN2O3/c1-24-17-6-3-12(9-18(17)25-2)19(23)21-8-7-13-11-22-16-10-14(20)4-5-15(13)16/h3-6,9-11,22H,7-8H2,1-2H3,(H,21,23). The van der Waals surface area contributed by atoms with Gasteiger partial charge in [-0.1, -0.05) is 17.7 Å². The number of carbonyl (C=O) groups excluding carboxylic acids is 1. The van der Waals surface area contributed by atoms with E-state index in [-0.39, 0.29) is 5.91 Å². The summed E-state index contributed by atoms with van der Waals surface area (Å²) >= 11 is 5.99. The van der Waals surface area contributed by atoms with Crippen LogP contribution in [0.1, 0.15) is 15.9 Å². The van der Waals surface area contributed by atoms with Gasteiger partial charge in [0.2, 0.25) is 0 Å². The first kappa shape index (κ1) is 17.2. The van der Waals surface area contributed by atoms with Crippen LogP contribution in [0.4, 0.5) is 0 Å². The molecule has 0 atom stereocenters. The molecule has 1 heterocycles. The average molecular weight is 359 g/mol. The molecule has 6 heteroatoms. The van der Waals surface area contributed by atoms with Crippen molar-refractivity contribution in [1.82, 2.24) is 10.3 Å². The zero-order valence-electron chi connectivity index (χ0n) is 14.1. The molecule has 0 fully saturated rings. The fourth-order valence-corrected chi connectivity index (χ4v) is 2.93. The molecule has 1 amide bonds. The number of halogens is 1. The Kier molecular flexibility index (Phi) is 5.14. The van der Waals surface area contributed by atoms with Crippen LogP contribution in [-0.2, 0) is 6.42 Å². The van der Waals surface area contributed by atoms with Gasteiger partial charge in [0.05, 0.1) is 14.2 Å². The van der Waals surface area contributed by atoms with Gasteiger partial charge in [-0.05, 0) is 42.3 Å². The molecule has 0 radical (unpaired) electrons. The largest absolute Gasteiger partial charge is 0.493 e. The van der Waals surface area contributed by atoms with Crippen LogP contribution in [0.15, 0.2) is 42.6 Å². The zero-order chi connectivity index (χ0) is 17.8. The van der Waals surface area contributed by atoms with E-state index in [0.29, 0.717) is 28.6 Å². The summed E-state index contributed by atoms with van der Waals surface area (Å²) < 4.78 is 10.4. The number of fused-ring (bicyclic) bond motifs is 1. The Morgan fingerprint density at radius 1 is 1.12 bits per heavy atom. The van der Waals surface area contributed by atoms with Crippen LogP contribution < -0.4 is 14.8 Å². The number of aromatic nitrogens is 1. The summed E-state index contributed by atoms with van der Waals surface area (Å²) in [4.78, 5) is 15.5. The fraction of sp³-hybridized carbons (Fsp3) is 0.211. The van der Waals surface area contributed by atoms with Gasteiger partial charge in [-0.3, -0.25) is 4.79 Å². The SMILES string of the molecule is COc1ccc(C(=O)NCCc2c[nH]c3cc(Cl)ccc23)cc1OC. The Balaban J connectivity index is 1.64. The quantitative estimate of drug-likeness (QED) is 0.704. The van der Waals surface area contributed by atoms with Crippen LogP contribution in [0.3, 0.4) is 0 Å². The number of ether oxygens (including phenoxy) is 2. The van der Waals surface area contributed by atoms with E-state index >= 15 is 0 Å². The molecule has 1 aromatic heterocycles. The second kappa shape index (κ2) is 7.49. The van der Waals surface area contributed by atoms with E-state index in [1.807, 2.05) is 24.4 Å². The van der Waals surface area contributed by atoms with Crippen LogP contribution >= 0.6 is 11.6 Å². The molecule has 2 N–H and O–H groups in total. The molecule has 0 unspecified atom stereocenters. The summed E-state index contributed by atoms with van der Waals surface area (Å²) in [5.41, 5.74) is 2.66. The fourth-order valence-electron chi connectivity index (χ4n) is 2.76. The molecule has 0 aliphatic heterocycles. The molecule has 5 nitrogen and oxygen atoms in total. The van der Waals surface area contributed by atoms with Crippen LogP contribution in [0.25, 0.3) is 10.9 Å². The molecule has 2 aromatic carbocycles. The Labute approximate surface area is 150 Å². The van der Waals surface area contributed by atoms with E-state index in [0.717, 1.165) is 22.9 Å². The predicted molar refractivity (Wildman–Crippen MR) is 98.9 cm³/mol. The van der Waals surface area contributed by atoms with Gasteiger partial charge < -0.3 is 19.8 Å². The third-order valence-electron chi connectivity index (χ3n) is 4.06. The predicted octanol–water partition coefficient (Wildman–Crippen LogP) is 3.81. The highest BCUT2D eigenvalue weighted by Crippen LogP contribution is 2.27. The van der Waals surface area contributed by atoms with Crippen molar-refractivity contribution in [3.63, 3.8) is 0 Å². The van der Waals surface area contributed by atoms with Crippen LogP contribution in [-0.4, -0.2) is 31.7 Å². The van der Waals surface area contributed by atoms with Crippen LogP contribution in [0.2, 0.25) is 5.02 Å². The van der Waals surface area contributed by atoms with Gasteiger partial charge >= 0.3 is 0 Å². The third-order valence-corrected chi connectivity index (χ3v) is 4.29. The van der Waals surface area contributed by atoms with Crippen molar-refractivity contribution in [1.29, 1.82) is 0 Å². The molecule has 0 aliphatic rings. The van der Waals surface area contributed by atoms with Crippen molar-refractivity contribution in [2.24, 2.45) is 0 Å². The van der Waals surface area contributed by atoms with Gasteiger partial charge in [0.1, 0.15) is 0 Å². The topological polar surface area (TPSA) is 63.3 Å². The second-order valence-electron chi connectivity index (χ2n) is 5.58. The maximum atomic E-state index is 12.3. The molecular weight excluding hydrogens is 340 g/mol. The van der Waals surface area contributed by atoms with Crippen molar-refractivity contribution >= 4 is 28.4 Å².